The maximum Gasteiger partial charge on any atom is 0.224 e. The molecule has 0 N–H and O–H groups in total. The molecule has 4 rings (SSSR count). The molecule has 27 heavy (non-hydrogen) atoms. The average molecular weight is 364 g/mol. The van der Waals surface area contributed by atoms with Crippen LogP contribution in [0, 0.1) is 5.41 Å². The third kappa shape index (κ3) is 4.07. The quantitative estimate of drug-likeness (QED) is 0.787. The molecular weight excluding hydrogens is 336 g/mol. The molecule has 2 heterocycles. The summed E-state index contributed by atoms with van der Waals surface area (Å²) in [5.74, 6) is 0.240. The monoisotopic (exact) mass is 364 g/mol. The SMILES string of the molecule is COCCC(=O)N1CCC2(CN(Cc3ccc(-c4ccccc4)cc3)C2)C1. The zero-order chi connectivity index (χ0) is 18.7. The minimum Gasteiger partial charge on any atom is -0.384 e. The van der Waals surface area contributed by atoms with Crippen molar-refractivity contribution in [1.29, 1.82) is 0 Å². The first kappa shape index (κ1) is 18.2. The predicted molar refractivity (Wildman–Crippen MR) is 107 cm³/mol. The number of hydrogen-bond donors (Lipinski definition) is 0. The van der Waals surface area contributed by atoms with Crippen molar-refractivity contribution < 1.29 is 9.53 Å². The fraction of sp³-hybridized carbons (Fsp3) is 0.435. The predicted octanol–water partition coefficient (Wildman–Crippen LogP) is 3.42. The van der Waals surface area contributed by atoms with E-state index in [-0.39, 0.29) is 5.91 Å². The number of amides is 1. The molecule has 2 saturated heterocycles. The lowest BCUT2D eigenvalue weighted by Gasteiger charge is -2.48. The highest BCUT2D eigenvalue weighted by Crippen LogP contribution is 2.40. The third-order valence-electron chi connectivity index (χ3n) is 5.90. The summed E-state index contributed by atoms with van der Waals surface area (Å²) >= 11 is 0. The summed E-state index contributed by atoms with van der Waals surface area (Å²) in [4.78, 5) is 16.7. The van der Waals surface area contributed by atoms with Crippen LogP contribution in [0.25, 0.3) is 11.1 Å². The van der Waals surface area contributed by atoms with Crippen molar-refractivity contribution in [2.24, 2.45) is 5.41 Å². The zero-order valence-electron chi connectivity index (χ0n) is 16.1. The number of rotatable bonds is 6. The van der Waals surface area contributed by atoms with Gasteiger partial charge < -0.3 is 9.64 Å². The Kier molecular flexibility index (Phi) is 5.28. The van der Waals surface area contributed by atoms with Gasteiger partial charge in [-0.1, -0.05) is 54.6 Å². The molecule has 0 aliphatic carbocycles. The number of likely N-dealkylation sites (tertiary alicyclic amines) is 2. The van der Waals surface area contributed by atoms with E-state index in [0.29, 0.717) is 18.4 Å². The van der Waals surface area contributed by atoms with E-state index in [4.69, 9.17) is 4.74 Å². The van der Waals surface area contributed by atoms with Gasteiger partial charge in [0.25, 0.3) is 0 Å². The van der Waals surface area contributed by atoms with Crippen LogP contribution in [0.2, 0.25) is 0 Å². The summed E-state index contributed by atoms with van der Waals surface area (Å²) in [6, 6.07) is 19.4. The molecule has 2 aliphatic heterocycles. The van der Waals surface area contributed by atoms with E-state index >= 15 is 0 Å². The standard InChI is InChI=1S/C23H28N2O2/c1-27-14-11-22(26)25-13-12-23(18-25)16-24(17-23)15-19-7-9-21(10-8-19)20-5-3-2-4-6-20/h2-10H,11-18H2,1H3. The number of benzene rings is 2. The Balaban J connectivity index is 1.28. The second kappa shape index (κ2) is 7.83. The summed E-state index contributed by atoms with van der Waals surface area (Å²) in [7, 11) is 1.65. The number of carbonyl (C=O) groups is 1. The molecule has 0 unspecified atom stereocenters. The second-order valence-electron chi connectivity index (χ2n) is 8.02. The topological polar surface area (TPSA) is 32.8 Å². The molecule has 0 saturated carbocycles. The van der Waals surface area contributed by atoms with Crippen LogP contribution in [-0.2, 0) is 16.1 Å². The molecular formula is C23H28N2O2. The summed E-state index contributed by atoms with van der Waals surface area (Å²) < 4.78 is 5.03. The third-order valence-corrected chi connectivity index (χ3v) is 5.90. The first-order chi connectivity index (χ1) is 13.2. The molecule has 2 aromatic carbocycles. The maximum absolute atomic E-state index is 12.2. The average Bonchev–Trinajstić information content (AvgIpc) is 3.13. The summed E-state index contributed by atoms with van der Waals surface area (Å²) in [5, 5.41) is 0. The van der Waals surface area contributed by atoms with Crippen LogP contribution in [0.15, 0.2) is 54.6 Å². The van der Waals surface area contributed by atoms with Gasteiger partial charge >= 0.3 is 0 Å². The van der Waals surface area contributed by atoms with Crippen molar-refractivity contribution in [3.63, 3.8) is 0 Å². The van der Waals surface area contributed by atoms with E-state index < -0.39 is 0 Å². The van der Waals surface area contributed by atoms with Gasteiger partial charge in [-0.05, 0) is 23.1 Å². The number of nitrogens with zero attached hydrogens (tertiary/aromatic N) is 2. The van der Waals surface area contributed by atoms with Gasteiger partial charge in [0.05, 0.1) is 13.0 Å². The molecule has 4 heteroatoms. The van der Waals surface area contributed by atoms with Crippen molar-refractivity contribution in [2.45, 2.75) is 19.4 Å². The summed E-state index contributed by atoms with van der Waals surface area (Å²) in [5.41, 5.74) is 4.21. The van der Waals surface area contributed by atoms with Crippen molar-refractivity contribution in [3.8, 4) is 11.1 Å². The highest BCUT2D eigenvalue weighted by Gasteiger charge is 2.48. The van der Waals surface area contributed by atoms with E-state index in [1.807, 2.05) is 11.0 Å². The first-order valence-corrected chi connectivity index (χ1v) is 9.81. The lowest BCUT2D eigenvalue weighted by Crippen LogP contribution is -2.57. The largest absolute Gasteiger partial charge is 0.384 e. The Morgan fingerprint density at radius 1 is 1.00 bits per heavy atom. The highest BCUT2D eigenvalue weighted by atomic mass is 16.5. The van der Waals surface area contributed by atoms with Crippen LogP contribution in [0.5, 0.6) is 0 Å². The van der Waals surface area contributed by atoms with Crippen LogP contribution in [0.4, 0.5) is 0 Å². The fourth-order valence-electron chi connectivity index (χ4n) is 4.46. The molecule has 4 nitrogen and oxygen atoms in total. The molecule has 0 aromatic heterocycles. The molecule has 1 amide bonds. The second-order valence-corrected chi connectivity index (χ2v) is 8.02. The summed E-state index contributed by atoms with van der Waals surface area (Å²) in [6.07, 6.45) is 1.64. The number of carbonyl (C=O) groups excluding carboxylic acids is 1. The minimum atomic E-state index is 0.240. The molecule has 1 spiro atoms. The summed E-state index contributed by atoms with van der Waals surface area (Å²) in [6.45, 7) is 5.53. The van der Waals surface area contributed by atoms with Gasteiger partial charge in [-0.2, -0.15) is 0 Å². The smallest absolute Gasteiger partial charge is 0.224 e. The van der Waals surface area contributed by atoms with Gasteiger partial charge in [-0.25, -0.2) is 0 Å². The normalized spacial score (nSPS) is 18.6. The lowest BCUT2D eigenvalue weighted by molar-refractivity contribution is -0.132. The van der Waals surface area contributed by atoms with Gasteiger partial charge in [0.2, 0.25) is 5.91 Å². The zero-order valence-corrected chi connectivity index (χ0v) is 16.1. The Labute approximate surface area is 161 Å². The Hall–Kier alpha value is -2.17. The highest BCUT2D eigenvalue weighted by molar-refractivity contribution is 5.76. The van der Waals surface area contributed by atoms with E-state index in [1.165, 1.54) is 16.7 Å². The van der Waals surface area contributed by atoms with Crippen LogP contribution in [-0.4, -0.2) is 55.6 Å². The van der Waals surface area contributed by atoms with Gasteiger partial charge in [-0.3, -0.25) is 9.69 Å². The Bertz CT molecular complexity index is 767. The van der Waals surface area contributed by atoms with E-state index in [1.54, 1.807) is 7.11 Å². The van der Waals surface area contributed by atoms with Gasteiger partial charge in [0.1, 0.15) is 0 Å². The van der Waals surface area contributed by atoms with Crippen LogP contribution < -0.4 is 0 Å². The molecule has 0 bridgehead atoms. The van der Waals surface area contributed by atoms with E-state index in [2.05, 4.69) is 53.4 Å². The molecule has 2 fully saturated rings. The van der Waals surface area contributed by atoms with Crippen LogP contribution >= 0.6 is 0 Å². The molecule has 142 valence electrons. The Morgan fingerprint density at radius 3 is 2.41 bits per heavy atom. The van der Waals surface area contributed by atoms with E-state index in [9.17, 15) is 4.79 Å². The molecule has 2 aromatic rings. The lowest BCUT2D eigenvalue weighted by atomic mass is 9.79. The number of methoxy groups -OCH3 is 1. The fourth-order valence-corrected chi connectivity index (χ4v) is 4.46. The van der Waals surface area contributed by atoms with Crippen molar-refractivity contribution in [1.82, 2.24) is 9.80 Å². The van der Waals surface area contributed by atoms with Gasteiger partial charge in [0.15, 0.2) is 0 Å². The van der Waals surface area contributed by atoms with Crippen LogP contribution in [0.3, 0.4) is 0 Å². The first-order valence-electron chi connectivity index (χ1n) is 9.81. The van der Waals surface area contributed by atoms with Gasteiger partial charge in [0, 0.05) is 45.2 Å². The van der Waals surface area contributed by atoms with E-state index in [0.717, 1.165) is 39.1 Å². The number of hydrogen-bond acceptors (Lipinski definition) is 3. The van der Waals surface area contributed by atoms with Gasteiger partial charge in [-0.15, -0.1) is 0 Å². The van der Waals surface area contributed by atoms with Crippen molar-refractivity contribution in [2.75, 3.05) is 39.9 Å². The number of ether oxygens (including phenoxy) is 1. The minimum absolute atomic E-state index is 0.240. The Morgan fingerprint density at radius 2 is 1.70 bits per heavy atom. The molecule has 0 radical (unpaired) electrons. The van der Waals surface area contributed by atoms with Crippen molar-refractivity contribution >= 4 is 5.91 Å². The molecule has 0 atom stereocenters. The maximum atomic E-state index is 12.2. The van der Waals surface area contributed by atoms with Crippen molar-refractivity contribution in [3.05, 3.63) is 60.2 Å². The van der Waals surface area contributed by atoms with Crippen LogP contribution in [0.1, 0.15) is 18.4 Å². The molecule has 2 aliphatic rings.